The summed E-state index contributed by atoms with van der Waals surface area (Å²) in [7, 11) is 0. The summed E-state index contributed by atoms with van der Waals surface area (Å²) in [5, 5.41) is 3.95. The molecule has 1 fully saturated rings. The zero-order chi connectivity index (χ0) is 11.6. The number of hydrogen-bond donors (Lipinski definition) is 0. The summed E-state index contributed by atoms with van der Waals surface area (Å²) < 4.78 is 5.15. The van der Waals surface area contributed by atoms with Crippen LogP contribution in [0.2, 0.25) is 0 Å². The lowest BCUT2D eigenvalue weighted by Gasteiger charge is -2.29. The maximum atomic E-state index is 12.1. The van der Waals surface area contributed by atoms with E-state index in [0.717, 1.165) is 18.6 Å². The van der Waals surface area contributed by atoms with Crippen molar-refractivity contribution in [3.63, 3.8) is 0 Å². The number of hydrogen-bond acceptors (Lipinski definition) is 4. The maximum absolute atomic E-state index is 12.1. The summed E-state index contributed by atoms with van der Waals surface area (Å²) in [6.07, 6.45) is 5.03. The highest BCUT2D eigenvalue weighted by Gasteiger charge is 2.53. The fourth-order valence-corrected chi connectivity index (χ4v) is 2.74. The molecule has 0 N–H and O–H groups in total. The third kappa shape index (κ3) is 1.81. The highest BCUT2D eigenvalue weighted by Crippen LogP contribution is 2.42. The molecule has 1 atom stereocenters. The molecule has 90 valence electrons. The number of carbonyl (C=O) groups excluding carboxylic acids is 1. The molecule has 1 saturated carbocycles. The van der Waals surface area contributed by atoms with Crippen LogP contribution in [0.15, 0.2) is 5.16 Å². The van der Waals surface area contributed by atoms with Crippen LogP contribution < -0.4 is 0 Å². The fraction of sp³-hybridized carbons (Fsp3) is 0.833. The quantitative estimate of drug-likeness (QED) is 0.692. The Hall–Kier alpha value is -1.06. The third-order valence-electron chi connectivity index (χ3n) is 3.52. The van der Waals surface area contributed by atoms with E-state index >= 15 is 0 Å². The minimum Gasteiger partial charge on any atom is -0.463 e. The van der Waals surface area contributed by atoms with Crippen LogP contribution in [0.3, 0.4) is 0 Å². The highest BCUT2D eigenvalue weighted by molar-refractivity contribution is 5.92. The van der Waals surface area contributed by atoms with E-state index in [-0.39, 0.29) is 11.9 Å². The smallest absolute Gasteiger partial charge is 0.354 e. The van der Waals surface area contributed by atoms with Gasteiger partial charge in [0.05, 0.1) is 12.3 Å². The Morgan fingerprint density at radius 2 is 2.25 bits per heavy atom. The second-order valence-electron chi connectivity index (χ2n) is 4.69. The van der Waals surface area contributed by atoms with E-state index in [4.69, 9.17) is 9.57 Å². The van der Waals surface area contributed by atoms with Gasteiger partial charge >= 0.3 is 5.97 Å². The minimum atomic E-state index is -0.809. The van der Waals surface area contributed by atoms with E-state index in [1.807, 2.05) is 13.8 Å². The van der Waals surface area contributed by atoms with Crippen LogP contribution in [-0.4, -0.2) is 23.9 Å². The molecule has 0 amide bonds. The molecule has 0 bridgehead atoms. The van der Waals surface area contributed by atoms with Crippen molar-refractivity contribution in [3.05, 3.63) is 0 Å². The minimum absolute atomic E-state index is 0.234. The molecular formula is C12H19NO3. The lowest BCUT2D eigenvalue weighted by atomic mass is 9.82. The van der Waals surface area contributed by atoms with Gasteiger partial charge in [0.1, 0.15) is 0 Å². The van der Waals surface area contributed by atoms with Crippen molar-refractivity contribution in [2.75, 3.05) is 6.61 Å². The van der Waals surface area contributed by atoms with Gasteiger partial charge in [-0.1, -0.05) is 18.0 Å². The molecule has 0 spiro atoms. The number of esters is 1. The van der Waals surface area contributed by atoms with E-state index in [1.54, 1.807) is 0 Å². The number of ether oxygens (including phenoxy) is 1. The second kappa shape index (κ2) is 4.44. The number of carbonyl (C=O) groups is 1. The molecule has 2 rings (SSSR count). The largest absolute Gasteiger partial charge is 0.463 e. The summed E-state index contributed by atoms with van der Waals surface area (Å²) in [6, 6.07) is 0. The molecule has 4 heteroatoms. The maximum Gasteiger partial charge on any atom is 0.354 e. The molecule has 1 aliphatic heterocycles. The molecule has 0 aromatic carbocycles. The van der Waals surface area contributed by atoms with Crippen molar-refractivity contribution >= 4 is 11.7 Å². The standard InChI is InChI=1S/C12H19NO3/c1-3-15-11(14)12(8-9(2)13-16-12)10-6-4-5-7-10/h10H,3-8H2,1-2H3. The summed E-state index contributed by atoms with van der Waals surface area (Å²) in [6.45, 7) is 4.12. The summed E-state index contributed by atoms with van der Waals surface area (Å²) >= 11 is 0. The van der Waals surface area contributed by atoms with Crippen LogP contribution in [0.4, 0.5) is 0 Å². The first kappa shape index (κ1) is 11.4. The Bertz CT molecular complexity index is 307. The molecule has 0 aromatic rings. The predicted octanol–water partition coefficient (Wildman–Crippen LogP) is 2.27. The molecule has 1 heterocycles. The van der Waals surface area contributed by atoms with Gasteiger partial charge in [0.15, 0.2) is 0 Å². The van der Waals surface area contributed by atoms with Crippen molar-refractivity contribution in [2.45, 2.75) is 51.6 Å². The molecule has 16 heavy (non-hydrogen) atoms. The van der Waals surface area contributed by atoms with Gasteiger partial charge < -0.3 is 9.57 Å². The fourth-order valence-electron chi connectivity index (χ4n) is 2.74. The van der Waals surface area contributed by atoms with Crippen molar-refractivity contribution in [1.29, 1.82) is 0 Å². The summed E-state index contributed by atoms with van der Waals surface area (Å²) in [5.41, 5.74) is 0.0799. The Kier molecular flexibility index (Phi) is 3.17. The van der Waals surface area contributed by atoms with Crippen molar-refractivity contribution < 1.29 is 14.4 Å². The molecule has 0 radical (unpaired) electrons. The Balaban J connectivity index is 2.16. The van der Waals surface area contributed by atoms with Crippen LogP contribution in [-0.2, 0) is 14.4 Å². The predicted molar refractivity (Wildman–Crippen MR) is 60.1 cm³/mol. The first-order chi connectivity index (χ1) is 7.69. The van der Waals surface area contributed by atoms with Gasteiger partial charge in [0, 0.05) is 12.3 Å². The number of rotatable bonds is 3. The average Bonchev–Trinajstić information content (AvgIpc) is 2.87. The SMILES string of the molecule is CCOC(=O)C1(C2CCCC2)CC(C)=NO1. The molecule has 4 nitrogen and oxygen atoms in total. The highest BCUT2D eigenvalue weighted by atomic mass is 16.7. The molecule has 0 saturated heterocycles. The van der Waals surface area contributed by atoms with Gasteiger partial charge in [-0.2, -0.15) is 0 Å². The van der Waals surface area contributed by atoms with Gasteiger partial charge in [0.2, 0.25) is 5.60 Å². The van der Waals surface area contributed by atoms with Gasteiger partial charge in [-0.3, -0.25) is 0 Å². The van der Waals surface area contributed by atoms with Crippen LogP contribution in [0.25, 0.3) is 0 Å². The van der Waals surface area contributed by atoms with Crippen LogP contribution >= 0.6 is 0 Å². The molecule has 1 unspecified atom stereocenters. The zero-order valence-corrected chi connectivity index (χ0v) is 9.99. The lowest BCUT2D eigenvalue weighted by Crippen LogP contribution is -2.46. The Labute approximate surface area is 96.0 Å². The number of oxime groups is 1. The Morgan fingerprint density at radius 3 is 2.75 bits per heavy atom. The van der Waals surface area contributed by atoms with Crippen LogP contribution in [0.1, 0.15) is 46.0 Å². The van der Waals surface area contributed by atoms with Crippen molar-refractivity contribution in [2.24, 2.45) is 11.1 Å². The molecular weight excluding hydrogens is 206 g/mol. The van der Waals surface area contributed by atoms with Gasteiger partial charge in [0.25, 0.3) is 0 Å². The summed E-state index contributed by atoms with van der Waals surface area (Å²) in [4.78, 5) is 17.5. The van der Waals surface area contributed by atoms with Gasteiger partial charge in [-0.25, -0.2) is 4.79 Å². The molecule has 0 aromatic heterocycles. The van der Waals surface area contributed by atoms with Crippen molar-refractivity contribution in [1.82, 2.24) is 0 Å². The van der Waals surface area contributed by atoms with Crippen LogP contribution in [0, 0.1) is 5.92 Å². The van der Waals surface area contributed by atoms with Gasteiger partial charge in [-0.05, 0) is 26.7 Å². The van der Waals surface area contributed by atoms with Crippen LogP contribution in [0.5, 0.6) is 0 Å². The zero-order valence-electron chi connectivity index (χ0n) is 9.99. The topological polar surface area (TPSA) is 47.9 Å². The van der Waals surface area contributed by atoms with E-state index in [0.29, 0.717) is 13.0 Å². The van der Waals surface area contributed by atoms with Gasteiger partial charge in [-0.15, -0.1) is 0 Å². The third-order valence-corrected chi connectivity index (χ3v) is 3.52. The van der Waals surface area contributed by atoms with E-state index in [2.05, 4.69) is 5.16 Å². The Morgan fingerprint density at radius 1 is 1.56 bits per heavy atom. The van der Waals surface area contributed by atoms with E-state index in [1.165, 1.54) is 12.8 Å². The van der Waals surface area contributed by atoms with E-state index < -0.39 is 5.60 Å². The lowest BCUT2D eigenvalue weighted by molar-refractivity contribution is -0.176. The van der Waals surface area contributed by atoms with Crippen molar-refractivity contribution in [3.8, 4) is 0 Å². The monoisotopic (exact) mass is 225 g/mol. The molecule has 1 aliphatic carbocycles. The van der Waals surface area contributed by atoms with E-state index in [9.17, 15) is 4.79 Å². The number of nitrogens with zero attached hydrogens (tertiary/aromatic N) is 1. The normalized spacial score (nSPS) is 30.0. The average molecular weight is 225 g/mol. The molecule has 2 aliphatic rings. The summed E-state index contributed by atoms with van der Waals surface area (Å²) in [5.74, 6) is 0.0373. The first-order valence-electron chi connectivity index (χ1n) is 6.08. The first-order valence-corrected chi connectivity index (χ1v) is 6.08. The second-order valence-corrected chi connectivity index (χ2v) is 4.69.